The van der Waals surface area contributed by atoms with Crippen molar-refractivity contribution in [3.63, 3.8) is 0 Å². The van der Waals surface area contributed by atoms with Gasteiger partial charge in [0.15, 0.2) is 0 Å². The van der Waals surface area contributed by atoms with Crippen molar-refractivity contribution in [2.24, 2.45) is 0 Å². The van der Waals surface area contributed by atoms with Gasteiger partial charge in [-0.3, -0.25) is 0 Å². The molecule has 118 valence electrons. The zero-order chi connectivity index (χ0) is 15.1. The Kier molecular flexibility index (Phi) is 6.23. The summed E-state index contributed by atoms with van der Waals surface area (Å²) in [5, 5.41) is 3.44. The first-order chi connectivity index (χ1) is 10.3. The van der Waals surface area contributed by atoms with Gasteiger partial charge in [0.1, 0.15) is 18.0 Å². The SMILES string of the molecule is CCCNc1ncnc(N2CCOC(CC)C2)c1CCC. The molecule has 5 nitrogen and oxygen atoms in total. The predicted molar refractivity (Wildman–Crippen MR) is 87.1 cm³/mol. The second-order valence-electron chi connectivity index (χ2n) is 5.55. The van der Waals surface area contributed by atoms with Crippen LogP contribution in [0.25, 0.3) is 0 Å². The summed E-state index contributed by atoms with van der Waals surface area (Å²) in [6, 6.07) is 0. The number of aromatic nitrogens is 2. The molecule has 0 amide bonds. The van der Waals surface area contributed by atoms with Crippen molar-refractivity contribution in [1.82, 2.24) is 9.97 Å². The van der Waals surface area contributed by atoms with Crippen LogP contribution in [0.2, 0.25) is 0 Å². The number of ether oxygens (including phenoxy) is 1. The highest BCUT2D eigenvalue weighted by molar-refractivity contribution is 5.59. The number of hydrogen-bond donors (Lipinski definition) is 1. The van der Waals surface area contributed by atoms with E-state index in [1.165, 1.54) is 5.56 Å². The zero-order valence-corrected chi connectivity index (χ0v) is 13.6. The van der Waals surface area contributed by atoms with Crippen LogP contribution in [0.5, 0.6) is 0 Å². The average Bonchev–Trinajstić information content (AvgIpc) is 2.54. The molecule has 5 heteroatoms. The average molecular weight is 292 g/mol. The molecule has 0 spiro atoms. The van der Waals surface area contributed by atoms with E-state index in [-0.39, 0.29) is 0 Å². The first-order valence-corrected chi connectivity index (χ1v) is 8.24. The Hall–Kier alpha value is -1.36. The third-order valence-corrected chi connectivity index (χ3v) is 3.86. The van der Waals surface area contributed by atoms with Gasteiger partial charge in [0.25, 0.3) is 0 Å². The minimum absolute atomic E-state index is 0.315. The van der Waals surface area contributed by atoms with Gasteiger partial charge in [-0.1, -0.05) is 27.2 Å². The molecule has 1 aromatic rings. The fourth-order valence-corrected chi connectivity index (χ4v) is 2.71. The number of rotatable bonds is 7. The molecule has 1 aliphatic rings. The van der Waals surface area contributed by atoms with Crippen molar-refractivity contribution < 1.29 is 4.74 Å². The van der Waals surface area contributed by atoms with Gasteiger partial charge in [-0.05, 0) is 19.3 Å². The monoisotopic (exact) mass is 292 g/mol. The second-order valence-corrected chi connectivity index (χ2v) is 5.55. The van der Waals surface area contributed by atoms with Gasteiger partial charge in [-0.25, -0.2) is 9.97 Å². The normalized spacial score (nSPS) is 18.8. The molecule has 0 radical (unpaired) electrons. The van der Waals surface area contributed by atoms with Gasteiger partial charge in [0.05, 0.1) is 12.7 Å². The Morgan fingerprint density at radius 2 is 2.14 bits per heavy atom. The Morgan fingerprint density at radius 1 is 1.29 bits per heavy atom. The summed E-state index contributed by atoms with van der Waals surface area (Å²) in [5.41, 5.74) is 1.25. The van der Waals surface area contributed by atoms with Crippen LogP contribution in [0.4, 0.5) is 11.6 Å². The van der Waals surface area contributed by atoms with Crippen LogP contribution in [-0.2, 0) is 11.2 Å². The fraction of sp³-hybridized carbons (Fsp3) is 0.750. The third-order valence-electron chi connectivity index (χ3n) is 3.86. The van der Waals surface area contributed by atoms with E-state index in [0.29, 0.717) is 6.10 Å². The molecule has 1 aromatic heterocycles. The van der Waals surface area contributed by atoms with E-state index in [2.05, 4.69) is 41.0 Å². The van der Waals surface area contributed by atoms with Crippen molar-refractivity contribution in [1.29, 1.82) is 0 Å². The largest absolute Gasteiger partial charge is 0.375 e. The van der Waals surface area contributed by atoms with E-state index in [9.17, 15) is 0 Å². The third kappa shape index (κ3) is 4.06. The predicted octanol–water partition coefficient (Wildman–Crippen LogP) is 2.87. The van der Waals surface area contributed by atoms with Gasteiger partial charge < -0.3 is 15.0 Å². The van der Waals surface area contributed by atoms with Crippen molar-refractivity contribution in [2.45, 2.75) is 52.6 Å². The van der Waals surface area contributed by atoms with E-state index in [1.54, 1.807) is 6.33 Å². The molecule has 1 unspecified atom stereocenters. The number of anilines is 2. The van der Waals surface area contributed by atoms with Crippen LogP contribution < -0.4 is 10.2 Å². The number of hydrogen-bond acceptors (Lipinski definition) is 5. The number of morpholine rings is 1. The second kappa shape index (κ2) is 8.17. The Morgan fingerprint density at radius 3 is 2.86 bits per heavy atom. The Bertz CT molecular complexity index is 438. The lowest BCUT2D eigenvalue weighted by atomic mass is 10.1. The minimum Gasteiger partial charge on any atom is -0.375 e. The number of nitrogens with one attached hydrogen (secondary N) is 1. The molecule has 0 aliphatic carbocycles. The molecule has 2 rings (SSSR count). The maximum Gasteiger partial charge on any atom is 0.137 e. The molecule has 1 aliphatic heterocycles. The molecule has 1 fully saturated rings. The van der Waals surface area contributed by atoms with Crippen molar-refractivity contribution >= 4 is 11.6 Å². The van der Waals surface area contributed by atoms with Gasteiger partial charge in [-0.15, -0.1) is 0 Å². The number of nitrogens with zero attached hydrogens (tertiary/aromatic N) is 3. The maximum absolute atomic E-state index is 5.77. The molecule has 1 saturated heterocycles. The lowest BCUT2D eigenvalue weighted by Gasteiger charge is -2.34. The van der Waals surface area contributed by atoms with E-state index in [0.717, 1.165) is 63.6 Å². The van der Waals surface area contributed by atoms with Crippen molar-refractivity contribution in [2.75, 3.05) is 36.5 Å². The maximum atomic E-state index is 5.77. The Labute approximate surface area is 128 Å². The Balaban J connectivity index is 2.24. The first kappa shape index (κ1) is 16.0. The molecular formula is C16H28N4O. The molecule has 2 heterocycles. The van der Waals surface area contributed by atoms with E-state index in [1.807, 2.05) is 0 Å². The van der Waals surface area contributed by atoms with Gasteiger partial charge in [-0.2, -0.15) is 0 Å². The molecule has 0 saturated carbocycles. The lowest BCUT2D eigenvalue weighted by Crippen LogP contribution is -2.43. The summed E-state index contributed by atoms with van der Waals surface area (Å²) in [5.74, 6) is 2.09. The summed E-state index contributed by atoms with van der Waals surface area (Å²) in [6.07, 6.45) is 6.25. The standard InChI is InChI=1S/C16H28N4O/c1-4-7-14-15(17-8-5-2)18-12-19-16(14)20-9-10-21-13(6-3)11-20/h12-13H,4-11H2,1-3H3,(H,17,18,19). The zero-order valence-electron chi connectivity index (χ0n) is 13.6. The molecular weight excluding hydrogens is 264 g/mol. The van der Waals surface area contributed by atoms with E-state index < -0.39 is 0 Å². The van der Waals surface area contributed by atoms with Gasteiger partial charge >= 0.3 is 0 Å². The summed E-state index contributed by atoms with van der Waals surface area (Å²) in [4.78, 5) is 11.4. The highest BCUT2D eigenvalue weighted by Gasteiger charge is 2.23. The highest BCUT2D eigenvalue weighted by atomic mass is 16.5. The van der Waals surface area contributed by atoms with E-state index in [4.69, 9.17) is 4.74 Å². The molecule has 1 atom stereocenters. The van der Waals surface area contributed by atoms with Crippen LogP contribution in [0.1, 0.15) is 45.6 Å². The smallest absolute Gasteiger partial charge is 0.137 e. The van der Waals surface area contributed by atoms with Gasteiger partial charge in [0, 0.05) is 25.2 Å². The van der Waals surface area contributed by atoms with Crippen molar-refractivity contribution in [3.8, 4) is 0 Å². The fourth-order valence-electron chi connectivity index (χ4n) is 2.71. The quantitative estimate of drug-likeness (QED) is 0.837. The van der Waals surface area contributed by atoms with Crippen molar-refractivity contribution in [3.05, 3.63) is 11.9 Å². The summed E-state index contributed by atoms with van der Waals surface area (Å²) in [7, 11) is 0. The lowest BCUT2D eigenvalue weighted by molar-refractivity contribution is 0.0381. The van der Waals surface area contributed by atoms with Crippen LogP contribution in [0, 0.1) is 0 Å². The first-order valence-electron chi connectivity index (χ1n) is 8.24. The highest BCUT2D eigenvalue weighted by Crippen LogP contribution is 2.26. The summed E-state index contributed by atoms with van der Waals surface area (Å²) >= 11 is 0. The minimum atomic E-state index is 0.315. The van der Waals surface area contributed by atoms with Gasteiger partial charge in [0.2, 0.25) is 0 Å². The summed E-state index contributed by atoms with van der Waals surface area (Å²) < 4.78 is 5.77. The van der Waals surface area contributed by atoms with Crippen LogP contribution in [0.15, 0.2) is 6.33 Å². The van der Waals surface area contributed by atoms with Crippen LogP contribution in [-0.4, -0.2) is 42.3 Å². The summed E-state index contributed by atoms with van der Waals surface area (Å²) in [6.45, 7) is 10.1. The topological polar surface area (TPSA) is 50.3 Å². The van der Waals surface area contributed by atoms with Crippen LogP contribution in [0.3, 0.4) is 0 Å². The molecule has 0 aromatic carbocycles. The van der Waals surface area contributed by atoms with Crippen LogP contribution >= 0.6 is 0 Å². The molecule has 21 heavy (non-hydrogen) atoms. The molecule has 0 bridgehead atoms. The van der Waals surface area contributed by atoms with E-state index >= 15 is 0 Å². The molecule has 1 N–H and O–H groups in total.